The Kier molecular flexibility index (Phi) is 2.14. The number of nitrogens with zero attached hydrogens (tertiary/aromatic N) is 1. The average Bonchev–Trinajstić information content (AvgIpc) is 3.06. The van der Waals surface area contributed by atoms with E-state index in [0.29, 0.717) is 12.1 Å². The number of hydrogen-bond donors (Lipinski definition) is 1. The highest BCUT2D eigenvalue weighted by Crippen LogP contribution is 2.51. The maximum Gasteiger partial charge on any atom is 0.0384 e. The highest BCUT2D eigenvalue weighted by Gasteiger charge is 2.48. The summed E-state index contributed by atoms with van der Waals surface area (Å²) in [5, 5.41) is 12.4. The molecule has 0 saturated heterocycles. The lowest BCUT2D eigenvalue weighted by Crippen LogP contribution is -2.45. The van der Waals surface area contributed by atoms with Crippen LogP contribution in [0.2, 0.25) is 0 Å². The van der Waals surface area contributed by atoms with Crippen LogP contribution in [0.1, 0.15) is 51.4 Å². The van der Waals surface area contributed by atoms with Gasteiger partial charge in [-0.15, -0.1) is 0 Å². The molecule has 6 unspecified atom stereocenters. The Bertz CT molecular complexity index is 264. The van der Waals surface area contributed by atoms with Crippen LogP contribution in [0.25, 0.3) is 0 Å². The summed E-state index contributed by atoms with van der Waals surface area (Å²) in [5.74, 6) is 3.55. The minimum absolute atomic E-state index is 0.531. The van der Waals surface area contributed by atoms with Crippen molar-refractivity contribution in [1.29, 1.82) is 0 Å². The first-order valence-electron chi connectivity index (χ1n) is 7.28. The van der Waals surface area contributed by atoms with E-state index in [-0.39, 0.29) is 0 Å². The first-order valence-corrected chi connectivity index (χ1v) is 7.28. The van der Waals surface area contributed by atoms with E-state index < -0.39 is 0 Å². The van der Waals surface area contributed by atoms with E-state index >= 15 is 0 Å². The van der Waals surface area contributed by atoms with E-state index in [1.807, 2.05) is 5.06 Å². The summed E-state index contributed by atoms with van der Waals surface area (Å²) in [5.41, 5.74) is 0. The Hall–Kier alpha value is -0.0800. The van der Waals surface area contributed by atoms with Crippen LogP contribution in [0.15, 0.2) is 0 Å². The van der Waals surface area contributed by atoms with Gasteiger partial charge in [0.1, 0.15) is 0 Å². The predicted molar refractivity (Wildman–Crippen MR) is 62.1 cm³/mol. The maximum absolute atomic E-state index is 10.5. The summed E-state index contributed by atoms with van der Waals surface area (Å²) in [4.78, 5) is 0. The monoisotopic (exact) mass is 221 g/mol. The van der Waals surface area contributed by atoms with Gasteiger partial charge in [0.2, 0.25) is 0 Å². The van der Waals surface area contributed by atoms with Crippen molar-refractivity contribution in [3.8, 4) is 0 Å². The van der Waals surface area contributed by atoms with Crippen LogP contribution in [-0.2, 0) is 0 Å². The van der Waals surface area contributed by atoms with Crippen molar-refractivity contribution < 1.29 is 5.21 Å². The van der Waals surface area contributed by atoms with Gasteiger partial charge in [-0.2, -0.15) is 5.06 Å². The van der Waals surface area contributed by atoms with Crippen LogP contribution >= 0.6 is 0 Å². The second kappa shape index (κ2) is 3.46. The van der Waals surface area contributed by atoms with Gasteiger partial charge in [0, 0.05) is 12.1 Å². The molecule has 4 rings (SSSR count). The maximum atomic E-state index is 10.5. The van der Waals surface area contributed by atoms with E-state index in [9.17, 15) is 5.21 Å². The number of rotatable bonds is 2. The summed E-state index contributed by atoms with van der Waals surface area (Å²) in [7, 11) is 0. The van der Waals surface area contributed by atoms with Crippen LogP contribution in [-0.4, -0.2) is 22.4 Å². The van der Waals surface area contributed by atoms with Crippen LogP contribution < -0.4 is 0 Å². The fourth-order valence-electron chi connectivity index (χ4n) is 5.32. The van der Waals surface area contributed by atoms with Crippen LogP contribution in [0.4, 0.5) is 0 Å². The SMILES string of the molecule is ON(C1CC2CCC1C2)C1CC2CCC1C2. The molecule has 6 atom stereocenters. The lowest BCUT2D eigenvalue weighted by molar-refractivity contribution is -0.182. The van der Waals surface area contributed by atoms with Gasteiger partial charge in [-0.1, -0.05) is 12.8 Å². The van der Waals surface area contributed by atoms with Crippen LogP contribution in [0.3, 0.4) is 0 Å². The summed E-state index contributed by atoms with van der Waals surface area (Å²) < 4.78 is 0. The fraction of sp³-hybridized carbons (Fsp3) is 1.00. The molecule has 4 saturated carbocycles. The molecule has 0 heterocycles. The molecule has 0 amide bonds. The summed E-state index contributed by atoms with van der Waals surface area (Å²) >= 11 is 0. The minimum atomic E-state index is 0.531. The molecule has 4 bridgehead atoms. The largest absolute Gasteiger partial charge is 0.313 e. The second-order valence-corrected chi connectivity index (χ2v) is 6.86. The van der Waals surface area contributed by atoms with Crippen molar-refractivity contribution >= 4 is 0 Å². The highest BCUT2D eigenvalue weighted by atomic mass is 16.5. The molecule has 2 nitrogen and oxygen atoms in total. The van der Waals surface area contributed by atoms with E-state index in [1.165, 1.54) is 51.4 Å². The molecular weight excluding hydrogens is 198 g/mol. The van der Waals surface area contributed by atoms with E-state index in [4.69, 9.17) is 0 Å². The van der Waals surface area contributed by atoms with Crippen molar-refractivity contribution in [2.45, 2.75) is 63.5 Å². The number of hydrogen-bond acceptors (Lipinski definition) is 2. The number of hydroxylamine groups is 2. The Labute approximate surface area is 98.0 Å². The lowest BCUT2D eigenvalue weighted by Gasteiger charge is -2.37. The first-order chi connectivity index (χ1) is 7.81. The smallest absolute Gasteiger partial charge is 0.0384 e. The van der Waals surface area contributed by atoms with Crippen LogP contribution in [0.5, 0.6) is 0 Å². The normalized spacial score (nSPS) is 54.4. The van der Waals surface area contributed by atoms with E-state index in [2.05, 4.69) is 0 Å². The van der Waals surface area contributed by atoms with Gasteiger partial charge in [-0.3, -0.25) is 0 Å². The van der Waals surface area contributed by atoms with Crippen molar-refractivity contribution in [1.82, 2.24) is 5.06 Å². The second-order valence-electron chi connectivity index (χ2n) is 6.86. The summed E-state index contributed by atoms with van der Waals surface area (Å²) in [6.45, 7) is 0. The summed E-state index contributed by atoms with van der Waals surface area (Å²) in [6.07, 6.45) is 11.0. The predicted octanol–water partition coefficient (Wildman–Crippen LogP) is 3.05. The Morgan fingerprint density at radius 2 is 1.19 bits per heavy atom. The molecule has 0 spiro atoms. The van der Waals surface area contributed by atoms with E-state index in [1.54, 1.807) is 0 Å². The molecule has 16 heavy (non-hydrogen) atoms. The third-order valence-electron chi connectivity index (χ3n) is 6.08. The molecule has 0 radical (unpaired) electrons. The quantitative estimate of drug-likeness (QED) is 0.724. The standard InChI is InChI=1S/C14H23NO/c16-15(13-7-9-1-3-11(13)5-9)14-8-10-2-4-12(14)6-10/h9-14,16H,1-8H2. The van der Waals surface area contributed by atoms with Gasteiger partial charge in [0.05, 0.1) is 0 Å². The fourth-order valence-corrected chi connectivity index (χ4v) is 5.32. The van der Waals surface area contributed by atoms with Gasteiger partial charge < -0.3 is 5.21 Å². The molecule has 2 heteroatoms. The highest BCUT2D eigenvalue weighted by molar-refractivity contribution is 4.99. The van der Waals surface area contributed by atoms with Gasteiger partial charge in [-0.25, -0.2) is 0 Å². The molecule has 90 valence electrons. The third kappa shape index (κ3) is 1.32. The molecule has 0 aliphatic heterocycles. The zero-order valence-corrected chi connectivity index (χ0v) is 10.0. The van der Waals surface area contributed by atoms with Gasteiger partial charge in [0.15, 0.2) is 0 Å². The Morgan fingerprint density at radius 3 is 1.50 bits per heavy atom. The van der Waals surface area contributed by atoms with Crippen LogP contribution in [0, 0.1) is 23.7 Å². The third-order valence-corrected chi connectivity index (χ3v) is 6.08. The van der Waals surface area contributed by atoms with E-state index in [0.717, 1.165) is 23.7 Å². The topological polar surface area (TPSA) is 23.5 Å². The summed E-state index contributed by atoms with van der Waals surface area (Å²) in [6, 6.07) is 1.06. The zero-order chi connectivity index (χ0) is 10.7. The molecule has 0 aromatic heterocycles. The molecule has 4 aliphatic rings. The number of fused-ring (bicyclic) bond motifs is 4. The zero-order valence-electron chi connectivity index (χ0n) is 10.0. The van der Waals surface area contributed by atoms with Crippen molar-refractivity contribution in [3.05, 3.63) is 0 Å². The molecular formula is C14H23NO. The average molecular weight is 221 g/mol. The van der Waals surface area contributed by atoms with Crippen molar-refractivity contribution in [3.63, 3.8) is 0 Å². The van der Waals surface area contributed by atoms with Gasteiger partial charge in [0.25, 0.3) is 0 Å². The lowest BCUT2D eigenvalue weighted by atomic mass is 9.90. The molecule has 1 N–H and O–H groups in total. The minimum Gasteiger partial charge on any atom is -0.313 e. The van der Waals surface area contributed by atoms with Gasteiger partial charge in [-0.05, 0) is 62.2 Å². The van der Waals surface area contributed by atoms with Crippen molar-refractivity contribution in [2.24, 2.45) is 23.7 Å². The molecule has 0 aromatic rings. The molecule has 0 aromatic carbocycles. The van der Waals surface area contributed by atoms with Gasteiger partial charge >= 0.3 is 0 Å². The molecule has 4 fully saturated rings. The Balaban J connectivity index is 1.48. The molecule has 4 aliphatic carbocycles. The Morgan fingerprint density at radius 1 is 0.688 bits per heavy atom. The first kappa shape index (κ1) is 9.90. The van der Waals surface area contributed by atoms with Crippen molar-refractivity contribution in [2.75, 3.05) is 0 Å².